The molecule has 0 radical (unpaired) electrons. The van der Waals surface area contributed by atoms with Gasteiger partial charge in [-0.3, -0.25) is 14.5 Å². The third-order valence-corrected chi connectivity index (χ3v) is 5.54. The SMILES string of the molecule is CNc1cc2c(cc1F)C(=O)N(c1ccc(C(=O)NC(C(=O)O)c3cccc(Cl)c3)cc1)CO2. The highest BCUT2D eigenvalue weighted by molar-refractivity contribution is 6.30. The van der Waals surface area contributed by atoms with Crippen LogP contribution in [0.25, 0.3) is 0 Å². The molecule has 3 N–H and O–H groups in total. The first-order valence-corrected chi connectivity index (χ1v) is 10.5. The summed E-state index contributed by atoms with van der Waals surface area (Å²) in [7, 11) is 1.56. The highest BCUT2D eigenvalue weighted by atomic mass is 35.5. The largest absolute Gasteiger partial charge is 0.479 e. The minimum absolute atomic E-state index is 0.0791. The molecule has 10 heteroatoms. The molecule has 0 aliphatic carbocycles. The summed E-state index contributed by atoms with van der Waals surface area (Å²) in [6.45, 7) is -0.0952. The molecule has 3 aromatic rings. The van der Waals surface area contributed by atoms with E-state index in [-0.39, 0.29) is 29.3 Å². The van der Waals surface area contributed by atoms with E-state index in [1.807, 2.05) is 0 Å². The fraction of sp³-hybridized carbons (Fsp3) is 0.125. The van der Waals surface area contributed by atoms with Gasteiger partial charge >= 0.3 is 5.97 Å². The molecule has 0 saturated carbocycles. The first kappa shape index (κ1) is 23.1. The molecule has 0 spiro atoms. The smallest absolute Gasteiger partial charge is 0.330 e. The monoisotopic (exact) mass is 483 g/mol. The fourth-order valence-corrected chi connectivity index (χ4v) is 3.74. The Bertz CT molecular complexity index is 1280. The zero-order valence-electron chi connectivity index (χ0n) is 17.8. The average Bonchev–Trinajstić information content (AvgIpc) is 2.82. The molecule has 8 nitrogen and oxygen atoms in total. The predicted molar refractivity (Wildman–Crippen MR) is 124 cm³/mol. The molecule has 0 fully saturated rings. The van der Waals surface area contributed by atoms with E-state index in [0.717, 1.165) is 6.07 Å². The van der Waals surface area contributed by atoms with Crippen molar-refractivity contribution in [3.8, 4) is 5.75 Å². The van der Waals surface area contributed by atoms with Crippen LogP contribution in [-0.2, 0) is 4.79 Å². The summed E-state index contributed by atoms with van der Waals surface area (Å²) in [5, 5.41) is 15.0. The first-order chi connectivity index (χ1) is 16.3. The first-order valence-electron chi connectivity index (χ1n) is 10.1. The Kier molecular flexibility index (Phi) is 6.38. The van der Waals surface area contributed by atoms with Crippen LogP contribution in [0.4, 0.5) is 15.8 Å². The van der Waals surface area contributed by atoms with Gasteiger partial charge in [0, 0.05) is 29.4 Å². The second-order valence-corrected chi connectivity index (χ2v) is 7.87. The average molecular weight is 484 g/mol. The van der Waals surface area contributed by atoms with E-state index >= 15 is 0 Å². The van der Waals surface area contributed by atoms with E-state index < -0.39 is 29.6 Å². The lowest BCUT2D eigenvalue weighted by Gasteiger charge is -2.29. The number of amides is 2. The summed E-state index contributed by atoms with van der Waals surface area (Å²) in [5.74, 6) is -2.63. The van der Waals surface area contributed by atoms with Crippen LogP contribution in [0.3, 0.4) is 0 Å². The number of fused-ring (bicyclic) bond motifs is 1. The number of hydrogen-bond donors (Lipinski definition) is 3. The van der Waals surface area contributed by atoms with Crippen LogP contribution in [0.5, 0.6) is 5.75 Å². The molecule has 1 aliphatic rings. The van der Waals surface area contributed by atoms with Gasteiger partial charge < -0.3 is 20.5 Å². The highest BCUT2D eigenvalue weighted by Gasteiger charge is 2.29. The predicted octanol–water partition coefficient (Wildman–Crippen LogP) is 4.07. The number of carboxylic acid groups (broad SMARTS) is 1. The molecule has 4 rings (SSSR count). The van der Waals surface area contributed by atoms with Gasteiger partial charge in [0.25, 0.3) is 11.8 Å². The number of carboxylic acids is 1. The Hall–Kier alpha value is -4.11. The summed E-state index contributed by atoms with van der Waals surface area (Å²) < 4.78 is 19.8. The van der Waals surface area contributed by atoms with Gasteiger partial charge in [0.1, 0.15) is 11.6 Å². The van der Waals surface area contributed by atoms with Gasteiger partial charge in [-0.15, -0.1) is 0 Å². The maximum atomic E-state index is 14.1. The Morgan fingerprint density at radius 3 is 2.53 bits per heavy atom. The van der Waals surface area contributed by atoms with Crippen molar-refractivity contribution < 1.29 is 28.6 Å². The second-order valence-electron chi connectivity index (χ2n) is 7.43. The van der Waals surface area contributed by atoms with Crippen LogP contribution in [0.1, 0.15) is 32.3 Å². The summed E-state index contributed by atoms with van der Waals surface area (Å²) >= 11 is 5.93. The number of halogens is 2. The molecule has 0 saturated heterocycles. The third-order valence-electron chi connectivity index (χ3n) is 5.31. The maximum Gasteiger partial charge on any atom is 0.330 e. The molecule has 1 heterocycles. The molecular formula is C24H19ClFN3O5. The van der Waals surface area contributed by atoms with Crippen LogP contribution in [0.15, 0.2) is 60.7 Å². The molecule has 34 heavy (non-hydrogen) atoms. The Morgan fingerprint density at radius 2 is 1.88 bits per heavy atom. The van der Waals surface area contributed by atoms with Crippen molar-refractivity contribution in [2.45, 2.75) is 6.04 Å². The summed E-state index contributed by atoms with van der Waals surface area (Å²) in [6, 6.07) is 13.4. The number of ether oxygens (including phenoxy) is 1. The van der Waals surface area contributed by atoms with Gasteiger partial charge in [0.05, 0.1) is 11.3 Å². The number of carbonyl (C=O) groups excluding carboxylic acids is 2. The van der Waals surface area contributed by atoms with E-state index in [0.29, 0.717) is 16.3 Å². The van der Waals surface area contributed by atoms with E-state index in [2.05, 4.69) is 10.6 Å². The molecule has 0 bridgehead atoms. The van der Waals surface area contributed by atoms with E-state index in [4.69, 9.17) is 16.3 Å². The van der Waals surface area contributed by atoms with Crippen molar-refractivity contribution >= 4 is 40.8 Å². The number of aliphatic carboxylic acids is 1. The van der Waals surface area contributed by atoms with Gasteiger partial charge in [-0.25, -0.2) is 9.18 Å². The molecule has 1 atom stereocenters. The van der Waals surface area contributed by atoms with Crippen molar-refractivity contribution in [3.63, 3.8) is 0 Å². The lowest BCUT2D eigenvalue weighted by molar-refractivity contribution is -0.139. The Morgan fingerprint density at radius 1 is 1.15 bits per heavy atom. The van der Waals surface area contributed by atoms with Crippen LogP contribution in [0.2, 0.25) is 5.02 Å². The minimum Gasteiger partial charge on any atom is -0.479 e. The Balaban J connectivity index is 1.52. The normalized spacial score (nSPS) is 13.5. The number of hydrogen-bond acceptors (Lipinski definition) is 5. The zero-order valence-corrected chi connectivity index (χ0v) is 18.6. The molecule has 2 amide bonds. The lowest BCUT2D eigenvalue weighted by Crippen LogP contribution is -2.39. The van der Waals surface area contributed by atoms with Crippen LogP contribution >= 0.6 is 11.6 Å². The van der Waals surface area contributed by atoms with Crippen molar-refractivity contribution in [2.24, 2.45) is 0 Å². The van der Waals surface area contributed by atoms with E-state index in [1.54, 1.807) is 25.2 Å². The number of rotatable bonds is 6. The van der Waals surface area contributed by atoms with Crippen molar-refractivity contribution in [1.82, 2.24) is 5.32 Å². The van der Waals surface area contributed by atoms with E-state index in [1.165, 1.54) is 41.3 Å². The maximum absolute atomic E-state index is 14.1. The third kappa shape index (κ3) is 4.51. The van der Waals surface area contributed by atoms with Gasteiger partial charge in [-0.1, -0.05) is 23.7 Å². The summed E-state index contributed by atoms with van der Waals surface area (Å²) in [5.41, 5.74) is 1.24. The number of nitrogens with one attached hydrogen (secondary N) is 2. The molecule has 174 valence electrons. The molecular weight excluding hydrogens is 465 g/mol. The lowest BCUT2D eigenvalue weighted by atomic mass is 10.1. The number of benzene rings is 3. The summed E-state index contributed by atoms with van der Waals surface area (Å²) in [4.78, 5) is 38.6. The van der Waals surface area contributed by atoms with Gasteiger partial charge in [0.2, 0.25) is 0 Å². The van der Waals surface area contributed by atoms with Gasteiger partial charge in [0.15, 0.2) is 12.8 Å². The molecule has 0 aromatic heterocycles. The quantitative estimate of drug-likeness (QED) is 0.487. The van der Waals surface area contributed by atoms with Crippen molar-refractivity contribution in [3.05, 3.63) is 88.2 Å². The number of nitrogens with zero attached hydrogens (tertiary/aromatic N) is 1. The minimum atomic E-state index is -1.29. The Labute approximate surface area is 198 Å². The van der Waals surface area contributed by atoms with Gasteiger partial charge in [-0.2, -0.15) is 0 Å². The van der Waals surface area contributed by atoms with Crippen molar-refractivity contribution in [1.29, 1.82) is 0 Å². The number of carbonyl (C=O) groups is 3. The fourth-order valence-electron chi connectivity index (χ4n) is 3.54. The second kappa shape index (κ2) is 9.40. The van der Waals surface area contributed by atoms with Crippen LogP contribution in [-0.4, -0.2) is 36.7 Å². The van der Waals surface area contributed by atoms with E-state index in [9.17, 15) is 23.9 Å². The van der Waals surface area contributed by atoms with Crippen LogP contribution in [0, 0.1) is 5.82 Å². The van der Waals surface area contributed by atoms with Crippen LogP contribution < -0.4 is 20.3 Å². The van der Waals surface area contributed by atoms with Gasteiger partial charge in [-0.05, 0) is 48.0 Å². The summed E-state index contributed by atoms with van der Waals surface area (Å²) in [6.07, 6.45) is 0. The molecule has 1 aliphatic heterocycles. The topological polar surface area (TPSA) is 108 Å². The highest BCUT2D eigenvalue weighted by Crippen LogP contribution is 2.32. The van der Waals surface area contributed by atoms with Crippen molar-refractivity contribution in [2.75, 3.05) is 24.0 Å². The standard InChI is InChI=1S/C24H19ClFN3O5/c1-27-19-11-20-17(10-18(19)26)23(31)29(12-34-20)16-7-5-13(6-8-16)22(30)28-21(24(32)33)14-3-2-4-15(25)9-14/h2-11,21,27H,12H2,1H3,(H,28,30)(H,32,33). The zero-order chi connectivity index (χ0) is 24.4. The molecule has 1 unspecified atom stereocenters. The molecule has 3 aromatic carbocycles. The number of anilines is 2.